The van der Waals surface area contributed by atoms with E-state index in [0.717, 1.165) is 10.5 Å². The molecule has 3 aromatic carbocycles. The van der Waals surface area contributed by atoms with E-state index in [4.69, 9.17) is 18.9 Å². The molecule has 3 N–H and O–H groups in total. The lowest BCUT2D eigenvalue weighted by Gasteiger charge is -2.27. The van der Waals surface area contributed by atoms with Crippen LogP contribution in [0.1, 0.15) is 82.5 Å². The summed E-state index contributed by atoms with van der Waals surface area (Å²) in [6.07, 6.45) is 5.19. The van der Waals surface area contributed by atoms with Gasteiger partial charge in [0.1, 0.15) is 23.4 Å². The number of halogens is 1. The molecule has 14 nitrogen and oxygen atoms in total. The van der Waals surface area contributed by atoms with E-state index in [1.165, 1.54) is 12.1 Å². The summed E-state index contributed by atoms with van der Waals surface area (Å²) >= 11 is 0. The summed E-state index contributed by atoms with van der Waals surface area (Å²) in [5.41, 5.74) is 2.59. The predicted molar refractivity (Wildman–Crippen MR) is 219 cm³/mol. The van der Waals surface area contributed by atoms with Gasteiger partial charge in [0, 0.05) is 51.0 Å². The molecule has 1 saturated heterocycles. The number of carbonyl (C=O) groups is 5. The van der Waals surface area contributed by atoms with Gasteiger partial charge >= 0.3 is 0 Å². The molecule has 0 aliphatic carbocycles. The molecule has 1 fully saturated rings. The molecule has 60 heavy (non-hydrogen) atoms. The van der Waals surface area contributed by atoms with Crippen LogP contribution >= 0.6 is 0 Å². The maximum atomic E-state index is 14.0. The van der Waals surface area contributed by atoms with Gasteiger partial charge in [-0.05, 0) is 112 Å². The first kappa shape index (κ1) is 44.1. The van der Waals surface area contributed by atoms with Gasteiger partial charge in [-0.25, -0.2) is 4.39 Å². The number of anilines is 1. The van der Waals surface area contributed by atoms with E-state index in [9.17, 15) is 33.5 Å². The van der Waals surface area contributed by atoms with E-state index >= 15 is 0 Å². The standard InChI is InChI=1S/C45H53FN4O10/c1-28-24-32(46)25-29(2)41(28)60-38-12-10-31(45(3,4)56)26-30(38)27-36-37(51)14-17-49(36)16-7-19-58-21-23-59-22-20-57-18-6-15-47-34-9-5-8-33-40(34)44(55)50(43(33)54)35-11-13-39(52)48-42(35)53/h5,8-10,12,14,17,24-26,35-36,47,56H,6-7,11,13,15-16,18-23,27H2,1-4H3,(H,48,52,53). The monoisotopic (exact) mass is 828 g/mol. The first-order valence-corrected chi connectivity index (χ1v) is 20.3. The summed E-state index contributed by atoms with van der Waals surface area (Å²) in [6.45, 7) is 10.5. The highest BCUT2D eigenvalue weighted by molar-refractivity contribution is 6.25. The van der Waals surface area contributed by atoms with E-state index in [0.29, 0.717) is 106 Å². The number of ketones is 1. The molecule has 0 aromatic heterocycles. The molecular formula is C45H53FN4O10. The Morgan fingerprint density at radius 3 is 2.25 bits per heavy atom. The number of nitrogens with one attached hydrogen (secondary N) is 2. The fourth-order valence-electron chi connectivity index (χ4n) is 7.54. The third-order valence-corrected chi connectivity index (χ3v) is 10.7. The highest BCUT2D eigenvalue weighted by Crippen LogP contribution is 2.36. The van der Waals surface area contributed by atoms with Crippen molar-refractivity contribution in [1.29, 1.82) is 0 Å². The molecular weight excluding hydrogens is 776 g/mol. The summed E-state index contributed by atoms with van der Waals surface area (Å²) in [5, 5.41) is 16.1. The predicted octanol–water partition coefficient (Wildman–Crippen LogP) is 5.12. The van der Waals surface area contributed by atoms with Crippen molar-refractivity contribution in [3.8, 4) is 11.5 Å². The van der Waals surface area contributed by atoms with E-state index in [1.54, 1.807) is 70.3 Å². The molecule has 3 aliphatic heterocycles. The van der Waals surface area contributed by atoms with Crippen molar-refractivity contribution in [2.24, 2.45) is 0 Å². The number of nitrogens with zero attached hydrogens (tertiary/aromatic N) is 2. The second-order valence-electron chi connectivity index (χ2n) is 15.7. The van der Waals surface area contributed by atoms with Crippen LogP contribution in [0.2, 0.25) is 0 Å². The van der Waals surface area contributed by atoms with Crippen LogP contribution in [0.4, 0.5) is 10.1 Å². The number of aliphatic hydroxyl groups is 1. The zero-order valence-corrected chi connectivity index (χ0v) is 34.5. The zero-order chi connectivity index (χ0) is 43.0. The van der Waals surface area contributed by atoms with Crippen LogP contribution in [0.5, 0.6) is 11.5 Å². The van der Waals surface area contributed by atoms with Gasteiger partial charge in [0.25, 0.3) is 11.8 Å². The summed E-state index contributed by atoms with van der Waals surface area (Å²) < 4.78 is 37.4. The van der Waals surface area contributed by atoms with Crippen molar-refractivity contribution >= 4 is 35.1 Å². The van der Waals surface area contributed by atoms with Crippen molar-refractivity contribution < 1.29 is 52.4 Å². The number of aryl methyl sites for hydroxylation is 2. The largest absolute Gasteiger partial charge is 0.457 e. The highest BCUT2D eigenvalue weighted by atomic mass is 19.1. The van der Waals surface area contributed by atoms with Crippen LogP contribution < -0.4 is 15.4 Å². The Kier molecular flexibility index (Phi) is 14.5. The number of hydrogen-bond donors (Lipinski definition) is 3. The van der Waals surface area contributed by atoms with Gasteiger partial charge < -0.3 is 34.3 Å². The van der Waals surface area contributed by atoms with Gasteiger partial charge in [-0.1, -0.05) is 12.1 Å². The molecule has 0 bridgehead atoms. The maximum absolute atomic E-state index is 14.0. The fraction of sp³-hybridized carbons (Fsp3) is 0.444. The van der Waals surface area contributed by atoms with Crippen molar-refractivity contribution in [2.75, 3.05) is 58.0 Å². The Hall–Kier alpha value is -5.48. The molecule has 2 atom stereocenters. The Morgan fingerprint density at radius 1 is 0.883 bits per heavy atom. The minimum Gasteiger partial charge on any atom is -0.457 e. The van der Waals surface area contributed by atoms with Gasteiger partial charge in [-0.2, -0.15) is 0 Å². The Bertz CT molecular complexity index is 2110. The van der Waals surface area contributed by atoms with Crippen LogP contribution in [0.25, 0.3) is 0 Å². The Labute approximate surface area is 349 Å². The summed E-state index contributed by atoms with van der Waals surface area (Å²) in [6, 6.07) is 11.8. The van der Waals surface area contributed by atoms with E-state index < -0.39 is 41.3 Å². The molecule has 0 saturated carbocycles. The summed E-state index contributed by atoms with van der Waals surface area (Å²) in [5.74, 6) is -1.45. The number of rotatable bonds is 21. The average molecular weight is 829 g/mol. The van der Waals surface area contributed by atoms with Crippen molar-refractivity contribution in [3.05, 3.63) is 100 Å². The maximum Gasteiger partial charge on any atom is 0.264 e. The lowest BCUT2D eigenvalue weighted by atomic mass is 9.93. The number of hydrogen-bond acceptors (Lipinski definition) is 12. The van der Waals surface area contributed by atoms with E-state index in [1.807, 2.05) is 11.0 Å². The molecule has 4 amide bonds. The third kappa shape index (κ3) is 10.6. The average Bonchev–Trinajstić information content (AvgIpc) is 3.67. The molecule has 3 heterocycles. The van der Waals surface area contributed by atoms with E-state index in [2.05, 4.69) is 10.6 Å². The number of ether oxygens (including phenoxy) is 4. The smallest absolute Gasteiger partial charge is 0.264 e. The lowest BCUT2D eigenvalue weighted by Crippen LogP contribution is -2.54. The number of imide groups is 2. The van der Waals surface area contributed by atoms with Crippen molar-refractivity contribution in [1.82, 2.24) is 15.1 Å². The molecule has 6 rings (SSSR count). The number of amides is 4. The second kappa shape index (κ2) is 19.7. The zero-order valence-electron chi connectivity index (χ0n) is 34.5. The molecule has 2 unspecified atom stereocenters. The summed E-state index contributed by atoms with van der Waals surface area (Å²) in [4.78, 5) is 66.2. The summed E-state index contributed by atoms with van der Waals surface area (Å²) in [7, 11) is 0. The number of fused-ring (bicyclic) bond motifs is 1. The van der Waals surface area contributed by atoms with Gasteiger partial charge in [0.05, 0.1) is 49.2 Å². The van der Waals surface area contributed by atoms with Gasteiger partial charge in [-0.3, -0.25) is 34.2 Å². The van der Waals surface area contributed by atoms with Crippen LogP contribution in [0, 0.1) is 19.7 Å². The lowest BCUT2D eigenvalue weighted by molar-refractivity contribution is -0.136. The Morgan fingerprint density at radius 2 is 1.57 bits per heavy atom. The molecule has 3 aliphatic rings. The van der Waals surface area contributed by atoms with E-state index in [-0.39, 0.29) is 35.6 Å². The SMILES string of the molecule is Cc1cc(F)cc(C)c1Oc1ccc(C(C)(C)O)cc1CC1C(=O)C=CN1CCCOCCOCCOCCCNc1cccc2c1C(=O)N(C1CCC(=O)NC1=O)C2=O. The van der Waals surface area contributed by atoms with Crippen molar-refractivity contribution in [3.63, 3.8) is 0 Å². The molecule has 15 heteroatoms. The third-order valence-electron chi connectivity index (χ3n) is 10.7. The molecule has 320 valence electrons. The normalized spacial score (nSPS) is 17.8. The van der Waals surface area contributed by atoms with Gasteiger partial charge in [0.15, 0.2) is 5.78 Å². The minimum atomic E-state index is -1.10. The second-order valence-corrected chi connectivity index (χ2v) is 15.7. The van der Waals surface area contributed by atoms with Gasteiger partial charge in [0.2, 0.25) is 11.8 Å². The number of carbonyl (C=O) groups excluding carboxylic acids is 5. The first-order chi connectivity index (χ1) is 28.7. The fourth-order valence-corrected chi connectivity index (χ4v) is 7.54. The van der Waals surface area contributed by atoms with Crippen LogP contribution in [-0.2, 0) is 40.6 Å². The molecule has 0 spiro atoms. The topological polar surface area (TPSA) is 173 Å². The minimum absolute atomic E-state index is 0.0230. The highest BCUT2D eigenvalue weighted by Gasteiger charge is 2.45. The quantitative estimate of drug-likeness (QED) is 0.0959. The Balaban J connectivity index is 0.859. The van der Waals surface area contributed by atoms with Crippen LogP contribution in [0.15, 0.2) is 60.8 Å². The van der Waals surface area contributed by atoms with Gasteiger partial charge in [-0.15, -0.1) is 0 Å². The number of benzene rings is 3. The van der Waals surface area contributed by atoms with Crippen molar-refractivity contribution in [2.45, 2.75) is 77.5 Å². The molecule has 3 aromatic rings. The molecule has 0 radical (unpaired) electrons. The first-order valence-electron chi connectivity index (χ1n) is 20.3. The van der Waals surface area contributed by atoms with Crippen LogP contribution in [0.3, 0.4) is 0 Å². The van der Waals surface area contributed by atoms with Crippen LogP contribution in [-0.4, -0.2) is 109 Å². The number of piperidine rings is 1.